The Hall–Kier alpha value is -3.19. The van der Waals surface area contributed by atoms with Crippen molar-refractivity contribution in [3.05, 3.63) is 82.5 Å². The Morgan fingerprint density at radius 3 is 2.62 bits per heavy atom. The van der Waals surface area contributed by atoms with E-state index in [2.05, 4.69) is 31.4 Å². The smallest absolute Gasteiger partial charge is 0.274 e. The quantitative estimate of drug-likeness (QED) is 0.466. The maximum atomic E-state index is 12.4. The Morgan fingerprint density at radius 1 is 1.10 bits per heavy atom. The van der Waals surface area contributed by atoms with E-state index >= 15 is 0 Å². The maximum absolute atomic E-state index is 12.4. The van der Waals surface area contributed by atoms with Gasteiger partial charge < -0.3 is 14.4 Å². The van der Waals surface area contributed by atoms with E-state index in [1.807, 2.05) is 73.8 Å². The van der Waals surface area contributed by atoms with E-state index in [0.29, 0.717) is 24.0 Å². The molecule has 0 saturated carbocycles. The van der Waals surface area contributed by atoms with E-state index in [9.17, 15) is 4.79 Å². The fourth-order valence-corrected chi connectivity index (χ4v) is 3.17. The van der Waals surface area contributed by atoms with Crippen LogP contribution in [0.2, 0.25) is 0 Å². The summed E-state index contributed by atoms with van der Waals surface area (Å²) >= 11 is 3.41. The highest BCUT2D eigenvalue weighted by atomic mass is 79.9. The van der Waals surface area contributed by atoms with Crippen molar-refractivity contribution in [2.75, 3.05) is 0 Å². The predicted octanol–water partition coefficient (Wildman–Crippen LogP) is 4.59. The van der Waals surface area contributed by atoms with Crippen LogP contribution in [0.1, 0.15) is 11.1 Å². The molecule has 0 saturated heterocycles. The molecule has 6 nitrogen and oxygen atoms in total. The largest absolute Gasteiger partial charge is 0.350 e. The minimum Gasteiger partial charge on any atom is -0.350 e. The number of benzene rings is 2. The molecule has 0 fully saturated rings. The number of carbonyl (C=O) groups excluding carboxylic acids is 1. The lowest BCUT2D eigenvalue weighted by atomic mass is 10.1. The van der Waals surface area contributed by atoms with Gasteiger partial charge in [0.1, 0.15) is 12.2 Å². The highest BCUT2D eigenvalue weighted by molar-refractivity contribution is 9.10. The van der Waals surface area contributed by atoms with Crippen LogP contribution in [0.3, 0.4) is 0 Å². The summed E-state index contributed by atoms with van der Waals surface area (Å²) in [7, 11) is 0. The van der Waals surface area contributed by atoms with Gasteiger partial charge in [0.15, 0.2) is 0 Å². The first-order valence-corrected chi connectivity index (χ1v) is 9.95. The van der Waals surface area contributed by atoms with Gasteiger partial charge in [0.25, 0.3) is 5.89 Å². The third kappa shape index (κ3) is 4.63. The zero-order valence-electron chi connectivity index (χ0n) is 15.8. The van der Waals surface area contributed by atoms with E-state index in [-0.39, 0.29) is 12.5 Å². The van der Waals surface area contributed by atoms with Crippen molar-refractivity contribution in [1.82, 2.24) is 20.0 Å². The predicted molar refractivity (Wildman–Crippen MR) is 114 cm³/mol. The molecule has 0 atom stereocenters. The highest BCUT2D eigenvalue weighted by Gasteiger charge is 2.15. The van der Waals surface area contributed by atoms with Crippen LogP contribution in [0.15, 0.2) is 75.9 Å². The Bertz CT molecular complexity index is 1110. The molecule has 146 valence electrons. The number of amides is 1. The summed E-state index contributed by atoms with van der Waals surface area (Å²) in [5.41, 5.74) is 3.82. The molecule has 0 unspecified atom stereocenters. The van der Waals surface area contributed by atoms with Crippen molar-refractivity contribution in [2.45, 2.75) is 20.0 Å². The number of hydrogen-bond donors (Lipinski definition) is 1. The summed E-state index contributed by atoms with van der Waals surface area (Å²) in [6, 6.07) is 19.5. The molecule has 0 radical (unpaired) electrons. The monoisotopic (exact) mass is 450 g/mol. The van der Waals surface area contributed by atoms with Crippen LogP contribution in [-0.2, 0) is 17.9 Å². The minimum atomic E-state index is -0.0873. The summed E-state index contributed by atoms with van der Waals surface area (Å²) < 4.78 is 8.21. The lowest BCUT2D eigenvalue weighted by molar-refractivity contribution is -0.121. The number of nitrogens with one attached hydrogen (secondary N) is 1. The topological polar surface area (TPSA) is 73.0 Å². The summed E-state index contributed by atoms with van der Waals surface area (Å²) in [5, 5.41) is 7.00. The molecule has 7 heteroatoms. The zero-order chi connectivity index (χ0) is 20.2. The van der Waals surface area contributed by atoms with Gasteiger partial charge in [0.2, 0.25) is 11.7 Å². The van der Waals surface area contributed by atoms with Gasteiger partial charge in [-0.3, -0.25) is 4.79 Å². The zero-order valence-corrected chi connectivity index (χ0v) is 17.4. The van der Waals surface area contributed by atoms with Crippen LogP contribution in [-0.4, -0.2) is 20.6 Å². The van der Waals surface area contributed by atoms with Crippen LogP contribution in [0, 0.1) is 6.92 Å². The van der Waals surface area contributed by atoms with Gasteiger partial charge in [-0.05, 0) is 48.9 Å². The molecule has 1 amide bonds. The Kier molecular flexibility index (Phi) is 5.57. The van der Waals surface area contributed by atoms with E-state index < -0.39 is 0 Å². The second kappa shape index (κ2) is 8.45. The number of nitrogens with zero attached hydrogens (tertiary/aromatic N) is 3. The molecule has 0 aliphatic heterocycles. The lowest BCUT2D eigenvalue weighted by Crippen LogP contribution is -2.27. The fraction of sp³-hybridized carbons (Fsp3) is 0.136. The molecule has 4 aromatic rings. The minimum absolute atomic E-state index is 0.0873. The number of aryl methyl sites for hydroxylation is 1. The van der Waals surface area contributed by atoms with Crippen molar-refractivity contribution in [1.29, 1.82) is 0 Å². The summed E-state index contributed by atoms with van der Waals surface area (Å²) in [6.45, 7) is 2.70. The summed E-state index contributed by atoms with van der Waals surface area (Å²) in [6.07, 6.45) is 1.82. The molecule has 0 spiro atoms. The first kappa shape index (κ1) is 19.1. The molecule has 2 aromatic carbocycles. The lowest BCUT2D eigenvalue weighted by Gasteiger charge is -2.08. The molecular weight excluding hydrogens is 432 g/mol. The van der Waals surface area contributed by atoms with Gasteiger partial charge in [-0.2, -0.15) is 4.98 Å². The molecule has 2 heterocycles. The number of aromatic nitrogens is 3. The SMILES string of the molecule is Cc1ccc(CNC(=O)Cn2cccc2-c2nc(-c3ccc(Br)cc3)no2)cc1. The Balaban J connectivity index is 1.44. The molecule has 0 aliphatic rings. The van der Waals surface area contributed by atoms with Crippen molar-refractivity contribution >= 4 is 21.8 Å². The second-order valence-corrected chi connectivity index (χ2v) is 7.63. The Morgan fingerprint density at radius 2 is 1.86 bits per heavy atom. The van der Waals surface area contributed by atoms with Crippen LogP contribution >= 0.6 is 15.9 Å². The molecule has 0 bridgehead atoms. The van der Waals surface area contributed by atoms with Crippen molar-refractivity contribution < 1.29 is 9.32 Å². The third-order valence-electron chi connectivity index (χ3n) is 4.50. The fourth-order valence-electron chi connectivity index (χ4n) is 2.91. The van der Waals surface area contributed by atoms with Crippen molar-refractivity contribution in [3.63, 3.8) is 0 Å². The average Bonchev–Trinajstić information content (AvgIpc) is 3.37. The van der Waals surface area contributed by atoms with Gasteiger partial charge in [-0.1, -0.05) is 50.9 Å². The first-order valence-electron chi connectivity index (χ1n) is 9.16. The van der Waals surface area contributed by atoms with Gasteiger partial charge in [-0.25, -0.2) is 0 Å². The molecular formula is C22H19BrN4O2. The van der Waals surface area contributed by atoms with E-state index in [1.54, 1.807) is 4.57 Å². The highest BCUT2D eigenvalue weighted by Crippen LogP contribution is 2.24. The maximum Gasteiger partial charge on any atom is 0.274 e. The van der Waals surface area contributed by atoms with Gasteiger partial charge in [0, 0.05) is 22.8 Å². The van der Waals surface area contributed by atoms with E-state index in [1.165, 1.54) is 5.56 Å². The molecule has 29 heavy (non-hydrogen) atoms. The number of rotatable bonds is 6. The van der Waals surface area contributed by atoms with Crippen LogP contribution in [0.4, 0.5) is 0 Å². The normalized spacial score (nSPS) is 10.8. The van der Waals surface area contributed by atoms with Gasteiger partial charge in [-0.15, -0.1) is 0 Å². The number of hydrogen-bond acceptors (Lipinski definition) is 4. The van der Waals surface area contributed by atoms with E-state index in [4.69, 9.17) is 4.52 Å². The summed E-state index contributed by atoms with van der Waals surface area (Å²) in [5.74, 6) is 0.791. The number of halogens is 1. The Labute approximate surface area is 176 Å². The van der Waals surface area contributed by atoms with Crippen molar-refractivity contribution in [2.24, 2.45) is 0 Å². The standard InChI is InChI=1S/C22H19BrN4O2/c1-15-4-6-16(7-5-15)13-24-20(28)14-27-12-2-3-19(27)22-25-21(26-29-22)17-8-10-18(23)11-9-17/h2-12H,13-14H2,1H3,(H,24,28). The van der Waals surface area contributed by atoms with Crippen LogP contribution < -0.4 is 5.32 Å². The van der Waals surface area contributed by atoms with Gasteiger partial charge in [0.05, 0.1) is 0 Å². The van der Waals surface area contributed by atoms with Crippen molar-refractivity contribution in [3.8, 4) is 23.0 Å². The molecule has 2 aromatic heterocycles. The van der Waals surface area contributed by atoms with Gasteiger partial charge >= 0.3 is 0 Å². The van der Waals surface area contributed by atoms with E-state index in [0.717, 1.165) is 15.6 Å². The second-order valence-electron chi connectivity index (χ2n) is 6.71. The molecule has 4 rings (SSSR count). The molecule has 0 aliphatic carbocycles. The number of carbonyl (C=O) groups is 1. The summed E-state index contributed by atoms with van der Waals surface area (Å²) in [4.78, 5) is 16.9. The molecule has 1 N–H and O–H groups in total. The van der Waals surface area contributed by atoms with Crippen LogP contribution in [0.5, 0.6) is 0 Å². The average molecular weight is 451 g/mol. The first-order chi connectivity index (χ1) is 14.1. The van der Waals surface area contributed by atoms with Crippen LogP contribution in [0.25, 0.3) is 23.0 Å². The third-order valence-corrected chi connectivity index (χ3v) is 5.03.